The zero-order valence-electron chi connectivity index (χ0n) is 21.6. The largest absolute Gasteiger partial charge is 0.466 e. The van der Waals surface area contributed by atoms with Gasteiger partial charge in [-0.15, -0.1) is 0 Å². The molecule has 0 radical (unpaired) electrons. The van der Waals surface area contributed by atoms with Gasteiger partial charge in [0.1, 0.15) is 5.82 Å². The number of carbonyl (C=O) groups is 2. The van der Waals surface area contributed by atoms with Crippen LogP contribution in [-0.4, -0.2) is 24.1 Å². The predicted octanol–water partition coefficient (Wildman–Crippen LogP) is 6.45. The van der Waals surface area contributed by atoms with Gasteiger partial charge in [-0.25, -0.2) is 9.18 Å². The Morgan fingerprint density at radius 1 is 1.00 bits per heavy atom. The molecule has 2 saturated carbocycles. The summed E-state index contributed by atoms with van der Waals surface area (Å²) in [6, 6.07) is 19.8. The average molecular weight is 514 g/mol. The highest BCUT2D eigenvalue weighted by molar-refractivity contribution is 5.96. The molecule has 3 aromatic carbocycles. The van der Waals surface area contributed by atoms with E-state index in [4.69, 9.17) is 0 Å². The van der Waals surface area contributed by atoms with E-state index in [9.17, 15) is 19.1 Å². The second kappa shape index (κ2) is 10.9. The van der Waals surface area contributed by atoms with Gasteiger partial charge in [-0.2, -0.15) is 0 Å². The number of amides is 1. The minimum atomic E-state index is -1.30. The van der Waals surface area contributed by atoms with Gasteiger partial charge in [-0.1, -0.05) is 60.5 Å². The molecule has 196 valence electrons. The summed E-state index contributed by atoms with van der Waals surface area (Å²) >= 11 is 0. The number of carbonyl (C=O) groups excluding carboxylic acids is 2. The van der Waals surface area contributed by atoms with Gasteiger partial charge in [0.25, 0.3) is 0 Å². The van der Waals surface area contributed by atoms with E-state index >= 15 is 0 Å². The third kappa shape index (κ3) is 5.41. The third-order valence-electron chi connectivity index (χ3n) is 7.93. The Labute approximate surface area is 222 Å². The van der Waals surface area contributed by atoms with Gasteiger partial charge in [0.05, 0.1) is 12.8 Å². The number of hydrogen-bond acceptors (Lipinski definition) is 4. The van der Waals surface area contributed by atoms with Gasteiger partial charge in [-0.3, -0.25) is 9.69 Å². The molecule has 0 aromatic heterocycles. The first kappa shape index (κ1) is 25.9. The number of aliphatic hydroxyl groups is 1. The van der Waals surface area contributed by atoms with Crippen LogP contribution in [0.3, 0.4) is 0 Å². The summed E-state index contributed by atoms with van der Waals surface area (Å²) in [6.07, 6.45) is 5.30. The molecular formula is C32H32FNO4. The number of halogens is 1. The number of nitrogens with zero attached hydrogens (tertiary/aromatic N) is 1. The summed E-state index contributed by atoms with van der Waals surface area (Å²) in [5.41, 5.74) is 4.39. The maximum absolute atomic E-state index is 14.8. The topological polar surface area (TPSA) is 66.8 Å². The molecule has 38 heavy (non-hydrogen) atoms. The zero-order chi connectivity index (χ0) is 26.8. The molecule has 2 bridgehead atoms. The molecule has 0 spiro atoms. The van der Waals surface area contributed by atoms with Crippen LogP contribution >= 0.6 is 0 Å². The molecule has 1 N–H and O–H groups in total. The van der Waals surface area contributed by atoms with Gasteiger partial charge >= 0.3 is 5.97 Å². The van der Waals surface area contributed by atoms with Crippen LogP contribution in [0.5, 0.6) is 0 Å². The fourth-order valence-electron chi connectivity index (χ4n) is 5.92. The first-order valence-electron chi connectivity index (χ1n) is 13.1. The van der Waals surface area contributed by atoms with E-state index in [1.165, 1.54) is 41.9 Å². The molecule has 6 heteroatoms. The predicted molar refractivity (Wildman–Crippen MR) is 145 cm³/mol. The van der Waals surface area contributed by atoms with Crippen molar-refractivity contribution in [2.24, 2.45) is 17.8 Å². The minimum absolute atomic E-state index is 0.194. The Bertz CT molecular complexity index is 1350. The molecule has 1 amide bonds. The normalized spacial score (nSPS) is 21.0. The molecule has 2 fully saturated rings. The molecule has 0 aliphatic heterocycles. The third-order valence-corrected chi connectivity index (χ3v) is 7.93. The van der Waals surface area contributed by atoms with E-state index in [2.05, 4.69) is 4.74 Å². The molecule has 0 saturated heterocycles. The molecule has 4 atom stereocenters. The monoisotopic (exact) mass is 513 g/mol. The summed E-state index contributed by atoms with van der Waals surface area (Å²) in [5, 5.41) is 11.6. The Kier molecular flexibility index (Phi) is 7.43. The van der Waals surface area contributed by atoms with Gasteiger partial charge < -0.3 is 9.84 Å². The summed E-state index contributed by atoms with van der Waals surface area (Å²) in [5.74, 6) is -0.710. The van der Waals surface area contributed by atoms with Crippen LogP contribution in [0.15, 0.2) is 72.8 Å². The van der Waals surface area contributed by atoms with Gasteiger partial charge in [0, 0.05) is 17.6 Å². The molecular weight excluding hydrogens is 481 g/mol. The molecule has 2 aliphatic carbocycles. The van der Waals surface area contributed by atoms with Gasteiger partial charge in [-0.05, 0) is 79.0 Å². The van der Waals surface area contributed by atoms with Crippen LogP contribution in [0.4, 0.5) is 10.1 Å². The minimum Gasteiger partial charge on any atom is -0.466 e. The average Bonchev–Trinajstić information content (AvgIpc) is 3.56. The first-order chi connectivity index (χ1) is 18.3. The number of rotatable bonds is 7. The number of benzene rings is 3. The SMILES string of the molecule is COC(=O)/C=C/c1cc(F)cc(N(C(=O)C2CC3CCC2C3)C(O)c2ccc(-c3ccc(C)cc3)cc2)c1. The first-order valence-corrected chi connectivity index (χ1v) is 13.1. The Hall–Kier alpha value is -3.77. The molecule has 5 nitrogen and oxygen atoms in total. The highest BCUT2D eigenvalue weighted by Gasteiger charge is 2.45. The number of anilines is 1. The maximum Gasteiger partial charge on any atom is 0.330 e. The van der Waals surface area contributed by atoms with E-state index in [1.807, 2.05) is 43.3 Å². The van der Waals surface area contributed by atoms with E-state index in [1.54, 1.807) is 18.2 Å². The van der Waals surface area contributed by atoms with Crippen LogP contribution in [0.25, 0.3) is 17.2 Å². The smallest absolute Gasteiger partial charge is 0.330 e. The van der Waals surface area contributed by atoms with E-state index < -0.39 is 18.0 Å². The van der Waals surface area contributed by atoms with Crippen LogP contribution in [-0.2, 0) is 14.3 Å². The number of ether oxygens (including phenoxy) is 1. The van der Waals surface area contributed by atoms with Gasteiger partial charge in [0.2, 0.25) is 5.91 Å². The lowest BCUT2D eigenvalue weighted by Gasteiger charge is -2.33. The summed E-state index contributed by atoms with van der Waals surface area (Å²) in [6.45, 7) is 2.04. The number of methoxy groups -OCH3 is 1. The van der Waals surface area contributed by atoms with E-state index in [0.717, 1.165) is 36.8 Å². The van der Waals surface area contributed by atoms with Gasteiger partial charge in [0.15, 0.2) is 6.23 Å². The fraction of sp³-hybridized carbons (Fsp3) is 0.312. The van der Waals surface area contributed by atoms with Crippen molar-refractivity contribution in [2.45, 2.75) is 38.8 Å². The van der Waals surface area contributed by atoms with Crippen molar-refractivity contribution >= 4 is 23.6 Å². The van der Waals surface area contributed by atoms with Crippen molar-refractivity contribution in [1.29, 1.82) is 0 Å². The lowest BCUT2D eigenvalue weighted by atomic mass is 9.87. The second-order valence-corrected chi connectivity index (χ2v) is 10.5. The Morgan fingerprint density at radius 3 is 2.29 bits per heavy atom. The van der Waals surface area contributed by atoms with Crippen LogP contribution in [0.1, 0.15) is 48.6 Å². The second-order valence-electron chi connectivity index (χ2n) is 10.5. The molecule has 2 aliphatic rings. The van der Waals surface area contributed by atoms with Crippen molar-refractivity contribution in [2.75, 3.05) is 12.0 Å². The summed E-state index contributed by atoms with van der Waals surface area (Å²) in [4.78, 5) is 26.9. The van der Waals surface area contributed by atoms with Crippen molar-refractivity contribution in [1.82, 2.24) is 0 Å². The Balaban J connectivity index is 1.49. The summed E-state index contributed by atoms with van der Waals surface area (Å²) < 4.78 is 19.4. The number of hydrogen-bond donors (Lipinski definition) is 1. The Morgan fingerprint density at radius 2 is 1.68 bits per heavy atom. The maximum atomic E-state index is 14.8. The van der Waals surface area contributed by atoms with Crippen LogP contribution < -0.4 is 4.90 Å². The lowest BCUT2D eigenvalue weighted by molar-refractivity contribution is -0.134. The zero-order valence-corrected chi connectivity index (χ0v) is 21.6. The van der Waals surface area contributed by atoms with Crippen molar-refractivity contribution in [3.05, 3.63) is 95.3 Å². The van der Waals surface area contributed by atoms with Crippen molar-refractivity contribution < 1.29 is 23.8 Å². The fourth-order valence-corrected chi connectivity index (χ4v) is 5.92. The van der Waals surface area contributed by atoms with Crippen LogP contribution in [0.2, 0.25) is 0 Å². The quantitative estimate of drug-likeness (QED) is 0.224. The summed E-state index contributed by atoms with van der Waals surface area (Å²) in [7, 11) is 1.26. The van der Waals surface area contributed by atoms with Crippen molar-refractivity contribution in [3.63, 3.8) is 0 Å². The number of aryl methyl sites for hydroxylation is 1. The van der Waals surface area contributed by atoms with Crippen LogP contribution in [0, 0.1) is 30.5 Å². The van der Waals surface area contributed by atoms with Crippen molar-refractivity contribution in [3.8, 4) is 11.1 Å². The molecule has 4 unspecified atom stereocenters. The lowest BCUT2D eigenvalue weighted by Crippen LogP contribution is -2.41. The van der Waals surface area contributed by atoms with E-state index in [-0.39, 0.29) is 17.5 Å². The number of aliphatic hydroxyl groups excluding tert-OH is 1. The standard InChI is InChI=1S/C32H32FNO4/c1-20-3-7-23(8-4-20)24-10-12-25(13-11-24)31(36)34(32(37)29-18-21-5-9-26(29)15-21)28-17-22(16-27(33)19-28)6-14-30(35)38-2/h3-4,6-8,10-14,16-17,19,21,26,29,31,36H,5,9,15,18H2,1-2H3/b14-6+. The molecule has 3 aromatic rings. The number of esters is 1. The highest BCUT2D eigenvalue weighted by Crippen LogP contribution is 2.49. The number of fused-ring (bicyclic) bond motifs is 2. The molecule has 0 heterocycles. The van der Waals surface area contributed by atoms with E-state index in [0.29, 0.717) is 23.0 Å². The molecule has 5 rings (SSSR count). The highest BCUT2D eigenvalue weighted by atomic mass is 19.1.